The van der Waals surface area contributed by atoms with Crippen molar-refractivity contribution in [2.24, 2.45) is 0 Å². The zero-order chi connectivity index (χ0) is 10.2. The molecule has 0 unspecified atom stereocenters. The number of benzene rings is 1. The van der Waals surface area contributed by atoms with Crippen molar-refractivity contribution in [3.8, 4) is 0 Å². The van der Waals surface area contributed by atoms with Gasteiger partial charge in [0, 0.05) is 0 Å². The van der Waals surface area contributed by atoms with Crippen molar-refractivity contribution in [3.63, 3.8) is 0 Å². The number of nitrogens with one attached hydrogen (secondary N) is 3. The second-order valence-electron chi connectivity index (χ2n) is 3.16. The predicted octanol–water partition coefficient (Wildman–Crippen LogP) is 0.853. The van der Waals surface area contributed by atoms with Crippen molar-refractivity contribution in [2.75, 3.05) is 28.3 Å². The summed E-state index contributed by atoms with van der Waals surface area (Å²) < 4.78 is 24.3. The van der Waals surface area contributed by atoms with Crippen LogP contribution >= 0.6 is 0 Å². The highest BCUT2D eigenvalue weighted by Crippen LogP contribution is 2.29. The maximum atomic E-state index is 11.0. The van der Waals surface area contributed by atoms with Gasteiger partial charge in [-0.25, -0.2) is 8.42 Å². The van der Waals surface area contributed by atoms with Crippen molar-refractivity contribution < 1.29 is 8.42 Å². The van der Waals surface area contributed by atoms with Gasteiger partial charge < -0.3 is 10.6 Å². The van der Waals surface area contributed by atoms with Crippen LogP contribution in [0.25, 0.3) is 0 Å². The second-order valence-corrected chi connectivity index (χ2v) is 4.91. The van der Waals surface area contributed by atoms with Crippen LogP contribution < -0.4 is 15.4 Å². The first kappa shape index (κ1) is 9.14. The molecule has 0 amide bonds. The van der Waals surface area contributed by atoms with Crippen LogP contribution in [-0.4, -0.2) is 21.3 Å². The molecule has 0 fully saturated rings. The zero-order valence-electron chi connectivity index (χ0n) is 7.66. The Morgan fingerprint density at radius 3 is 2.71 bits per heavy atom. The summed E-state index contributed by atoms with van der Waals surface area (Å²) in [5.74, 6) is 0. The molecule has 3 N–H and O–H groups in total. The smallest absolute Gasteiger partial charge is 0.229 e. The molecule has 0 aromatic heterocycles. The molecule has 0 bridgehead atoms. The van der Waals surface area contributed by atoms with E-state index in [1.165, 1.54) is 0 Å². The maximum Gasteiger partial charge on any atom is 0.229 e. The van der Waals surface area contributed by atoms with Gasteiger partial charge in [0.15, 0.2) is 0 Å². The summed E-state index contributed by atoms with van der Waals surface area (Å²) in [4.78, 5) is 0. The SMILES string of the molecule is CS(=O)(=O)Nc1ccc2c(c1)NCN2. The first-order valence-electron chi connectivity index (χ1n) is 4.14. The predicted molar refractivity (Wildman–Crippen MR) is 57.0 cm³/mol. The molecule has 14 heavy (non-hydrogen) atoms. The first-order valence-corrected chi connectivity index (χ1v) is 6.03. The van der Waals surface area contributed by atoms with Gasteiger partial charge in [-0.3, -0.25) is 4.72 Å². The van der Waals surface area contributed by atoms with Crippen LogP contribution in [-0.2, 0) is 10.0 Å². The molecule has 6 heteroatoms. The lowest BCUT2D eigenvalue weighted by molar-refractivity contribution is 0.607. The third kappa shape index (κ3) is 1.90. The number of rotatable bonds is 2. The van der Waals surface area contributed by atoms with Gasteiger partial charge in [0.1, 0.15) is 0 Å². The number of fused-ring (bicyclic) bond motifs is 1. The summed E-state index contributed by atoms with van der Waals surface area (Å²) in [5, 5.41) is 6.18. The normalized spacial score (nSPS) is 14.1. The van der Waals surface area contributed by atoms with Gasteiger partial charge in [-0.2, -0.15) is 0 Å². The molecule has 0 saturated heterocycles. The Morgan fingerprint density at radius 1 is 1.29 bits per heavy atom. The molecule has 76 valence electrons. The molecule has 0 aliphatic carbocycles. The summed E-state index contributed by atoms with van der Waals surface area (Å²) >= 11 is 0. The molecule has 1 aromatic rings. The minimum Gasteiger partial charge on any atom is -0.366 e. The highest BCUT2D eigenvalue weighted by Gasteiger charge is 2.10. The molecule has 0 saturated carbocycles. The quantitative estimate of drug-likeness (QED) is 0.681. The fraction of sp³-hybridized carbons (Fsp3) is 0.250. The highest BCUT2D eigenvalue weighted by atomic mass is 32.2. The average molecular weight is 213 g/mol. The third-order valence-corrected chi connectivity index (χ3v) is 2.49. The number of sulfonamides is 1. The van der Waals surface area contributed by atoms with E-state index in [1.54, 1.807) is 12.1 Å². The topological polar surface area (TPSA) is 70.2 Å². The fourth-order valence-electron chi connectivity index (χ4n) is 1.36. The van der Waals surface area contributed by atoms with Crippen molar-refractivity contribution in [1.82, 2.24) is 0 Å². The maximum absolute atomic E-state index is 11.0. The Labute approximate surface area is 82.6 Å². The van der Waals surface area contributed by atoms with Crippen molar-refractivity contribution in [1.29, 1.82) is 0 Å². The van der Waals surface area contributed by atoms with Crippen molar-refractivity contribution in [2.45, 2.75) is 0 Å². The molecule has 1 aromatic carbocycles. The zero-order valence-corrected chi connectivity index (χ0v) is 8.48. The van der Waals surface area contributed by atoms with Gasteiger partial charge in [-0.1, -0.05) is 0 Å². The van der Waals surface area contributed by atoms with E-state index in [9.17, 15) is 8.42 Å². The van der Waals surface area contributed by atoms with Crippen LogP contribution in [0.2, 0.25) is 0 Å². The van der Waals surface area contributed by atoms with Crippen LogP contribution in [0.4, 0.5) is 17.1 Å². The van der Waals surface area contributed by atoms with Crippen LogP contribution in [0.1, 0.15) is 0 Å². The Kier molecular flexibility index (Phi) is 1.99. The van der Waals surface area contributed by atoms with Gasteiger partial charge >= 0.3 is 0 Å². The summed E-state index contributed by atoms with van der Waals surface area (Å²) in [7, 11) is -3.19. The average Bonchev–Trinajstić information content (AvgIpc) is 2.47. The van der Waals surface area contributed by atoms with E-state index in [0.29, 0.717) is 12.4 Å². The van der Waals surface area contributed by atoms with Crippen LogP contribution in [0, 0.1) is 0 Å². The lowest BCUT2D eigenvalue weighted by Gasteiger charge is -2.05. The lowest BCUT2D eigenvalue weighted by atomic mass is 10.2. The highest BCUT2D eigenvalue weighted by molar-refractivity contribution is 7.92. The molecular formula is C8H11N3O2S. The van der Waals surface area contributed by atoms with Crippen molar-refractivity contribution in [3.05, 3.63) is 18.2 Å². The molecule has 0 atom stereocenters. The van der Waals surface area contributed by atoms with Gasteiger partial charge in [-0.05, 0) is 18.2 Å². The minimum absolute atomic E-state index is 0.572. The Morgan fingerprint density at radius 2 is 2.00 bits per heavy atom. The Balaban J connectivity index is 2.29. The molecule has 1 aliphatic rings. The minimum atomic E-state index is -3.19. The Bertz CT molecular complexity index is 456. The fourth-order valence-corrected chi connectivity index (χ4v) is 1.91. The number of anilines is 3. The van der Waals surface area contributed by atoms with Gasteiger partial charge in [-0.15, -0.1) is 0 Å². The van der Waals surface area contributed by atoms with E-state index >= 15 is 0 Å². The molecule has 0 radical (unpaired) electrons. The number of hydrogen-bond donors (Lipinski definition) is 3. The molecular weight excluding hydrogens is 202 g/mol. The molecule has 1 heterocycles. The summed E-state index contributed by atoms with van der Waals surface area (Å²) in [6.07, 6.45) is 1.13. The summed E-state index contributed by atoms with van der Waals surface area (Å²) in [6.45, 7) is 0.678. The first-order chi connectivity index (χ1) is 6.54. The van der Waals surface area contributed by atoms with Gasteiger partial charge in [0.2, 0.25) is 10.0 Å². The van der Waals surface area contributed by atoms with Gasteiger partial charge in [0.25, 0.3) is 0 Å². The number of hydrogen-bond acceptors (Lipinski definition) is 4. The van der Waals surface area contributed by atoms with E-state index in [0.717, 1.165) is 17.6 Å². The van der Waals surface area contributed by atoms with Gasteiger partial charge in [0.05, 0.1) is 30.0 Å². The van der Waals surface area contributed by atoms with E-state index < -0.39 is 10.0 Å². The summed E-state index contributed by atoms with van der Waals surface area (Å²) in [6, 6.07) is 5.32. The monoisotopic (exact) mass is 213 g/mol. The van der Waals surface area contributed by atoms with E-state index in [2.05, 4.69) is 15.4 Å². The second kappa shape index (κ2) is 3.06. The molecule has 5 nitrogen and oxygen atoms in total. The van der Waals surface area contributed by atoms with Crippen LogP contribution in [0.3, 0.4) is 0 Å². The lowest BCUT2D eigenvalue weighted by Crippen LogP contribution is -2.09. The largest absolute Gasteiger partial charge is 0.366 e. The van der Waals surface area contributed by atoms with E-state index in [4.69, 9.17) is 0 Å². The van der Waals surface area contributed by atoms with Crippen LogP contribution in [0.15, 0.2) is 18.2 Å². The van der Waals surface area contributed by atoms with Crippen molar-refractivity contribution >= 4 is 27.1 Å². The molecule has 0 spiro atoms. The Hall–Kier alpha value is -1.43. The van der Waals surface area contributed by atoms with E-state index in [1.807, 2.05) is 6.07 Å². The summed E-state index contributed by atoms with van der Waals surface area (Å²) in [5.41, 5.74) is 2.48. The molecule has 2 rings (SSSR count). The standard InChI is InChI=1S/C8H11N3O2S/c1-14(12,13)11-6-2-3-7-8(4-6)10-5-9-7/h2-4,9-11H,5H2,1H3. The molecule has 1 aliphatic heterocycles. The van der Waals surface area contributed by atoms with Crippen LogP contribution in [0.5, 0.6) is 0 Å². The third-order valence-electron chi connectivity index (χ3n) is 1.88. The van der Waals surface area contributed by atoms with E-state index in [-0.39, 0.29) is 0 Å².